The molecule has 0 radical (unpaired) electrons. The number of carbonyl (C=O) groups is 10. The Morgan fingerprint density at radius 3 is 0.966 bits per heavy atom. The van der Waals surface area contributed by atoms with Crippen molar-refractivity contribution < 1.29 is 115 Å². The predicted molar refractivity (Wildman–Crippen MR) is 441 cm³/mol. The van der Waals surface area contributed by atoms with Gasteiger partial charge in [-0.15, -0.1) is 0 Å². The van der Waals surface area contributed by atoms with E-state index in [1.807, 2.05) is 32.9 Å². The number of hydrogen-bond donors (Lipinski definition) is 0. The van der Waals surface area contributed by atoms with Gasteiger partial charge < -0.3 is 67.1 Å². The van der Waals surface area contributed by atoms with E-state index in [0.717, 1.165) is 68.1 Å². The van der Waals surface area contributed by atoms with E-state index in [1.54, 1.807) is 128 Å². The number of rotatable bonds is 43. The molecule has 630 valence electrons. The van der Waals surface area contributed by atoms with E-state index in [2.05, 4.69) is 33.2 Å². The molecule has 2 saturated carbocycles. The number of ketones is 1. The molecule has 0 atom stereocenters. The first-order chi connectivity index (χ1) is 55.9. The number of carbonyl (C=O) groups excluding carboxylic acids is 10. The van der Waals surface area contributed by atoms with Crippen LogP contribution in [-0.2, 0) is 58.0 Å². The van der Waals surface area contributed by atoms with E-state index >= 15 is 0 Å². The highest BCUT2D eigenvalue weighted by molar-refractivity contribution is 5.92. The summed E-state index contributed by atoms with van der Waals surface area (Å²) >= 11 is 0. The molecule has 0 saturated heterocycles. The molecule has 0 bridgehead atoms. The first kappa shape index (κ1) is 95.9. The molecule has 2 aliphatic rings. The standard InChI is InChI=1S/C54H70O12.C35H36O10.C4H6O.H2O/c1-6-8-9-10-13-34-60-42-24-28-44(29-25-42)63-50(56)38-16-18-40(19-17-38)52(58)65-46-32-33-48(47(37-46)54(3,4)5)66-53(59)41-22-20-39(21-23-41)51(57)64-45-30-26-43(27-31-45)61-35-14-11-12-15-36-62-49(55)7-2;1-4-32(36)42-22-8-6-20-40-28-14-10-26(11-15-28)34(38)44-30-18-19-31(25(3)24-30)45-35(39)27-12-16-29(17-13-27)41-21-7-9-23-43-33(37)5-2;1-3-4(2)5;/h7,24-33,37-41H,2,6,8-23,34-36H2,1,3-5H3;4-5,10-19,24H,1-2,6-9,20-23H2,3H3;3H,1H2,2H3;1H2. The predicted octanol–water partition coefficient (Wildman–Crippen LogP) is 17.8. The van der Waals surface area contributed by atoms with Crippen molar-refractivity contribution in [3.05, 3.63) is 206 Å². The molecule has 24 nitrogen and oxygen atoms in total. The van der Waals surface area contributed by atoms with Crippen LogP contribution in [0.5, 0.6) is 57.5 Å². The topological polar surface area (TPSA) is 322 Å². The number of ether oxygens (including phenoxy) is 13. The van der Waals surface area contributed by atoms with E-state index in [1.165, 1.54) is 32.3 Å². The fraction of sp³-hybridized carbons (Fsp3) is 0.419. The van der Waals surface area contributed by atoms with Gasteiger partial charge in [-0.2, -0.15) is 0 Å². The van der Waals surface area contributed by atoms with Gasteiger partial charge in [0.1, 0.15) is 57.5 Å². The number of aryl methyl sites for hydroxylation is 1. The first-order valence-corrected chi connectivity index (χ1v) is 39.9. The lowest BCUT2D eigenvalue weighted by Gasteiger charge is -2.28. The molecule has 0 amide bonds. The van der Waals surface area contributed by atoms with Crippen molar-refractivity contribution in [1.82, 2.24) is 0 Å². The minimum atomic E-state index is -0.548. The Balaban J connectivity index is 0.000000416. The van der Waals surface area contributed by atoms with E-state index in [4.69, 9.17) is 61.6 Å². The van der Waals surface area contributed by atoms with Crippen LogP contribution in [-0.4, -0.2) is 111 Å². The zero-order valence-corrected chi connectivity index (χ0v) is 68.3. The van der Waals surface area contributed by atoms with Crippen molar-refractivity contribution in [3.8, 4) is 57.5 Å². The zero-order chi connectivity index (χ0) is 84.0. The maximum atomic E-state index is 13.5. The largest absolute Gasteiger partial charge is 0.494 e. The van der Waals surface area contributed by atoms with Gasteiger partial charge in [0.2, 0.25) is 0 Å². The number of allylic oxidation sites excluding steroid dienone is 1. The number of unbranched alkanes of at least 4 members (excludes halogenated alkanes) is 9. The van der Waals surface area contributed by atoms with Crippen LogP contribution < -0.4 is 47.4 Å². The zero-order valence-electron chi connectivity index (χ0n) is 68.3. The molecule has 24 heteroatoms. The number of benzene rings is 6. The molecule has 0 unspecified atom stereocenters. The summed E-state index contributed by atoms with van der Waals surface area (Å²) in [6, 6.07) is 37.0. The highest BCUT2D eigenvalue weighted by atomic mass is 16.6. The van der Waals surface area contributed by atoms with Gasteiger partial charge in [0, 0.05) is 23.8 Å². The lowest BCUT2D eigenvalue weighted by Crippen LogP contribution is -2.31. The molecule has 2 N–H and O–H groups in total. The van der Waals surface area contributed by atoms with Gasteiger partial charge in [0.15, 0.2) is 5.78 Å². The molecule has 6 aromatic rings. The Kier molecular flexibility index (Phi) is 43.2. The Bertz CT molecular complexity index is 4160. The van der Waals surface area contributed by atoms with Gasteiger partial charge in [-0.05, 0) is 274 Å². The summed E-state index contributed by atoms with van der Waals surface area (Å²) in [7, 11) is 0. The van der Waals surface area contributed by atoms with Crippen LogP contribution in [0.4, 0.5) is 0 Å². The lowest BCUT2D eigenvalue weighted by molar-refractivity contribution is -0.145. The second-order valence-corrected chi connectivity index (χ2v) is 29.0. The normalized spacial score (nSPS) is 14.5. The van der Waals surface area contributed by atoms with Gasteiger partial charge in [-0.3, -0.25) is 24.0 Å². The number of esters is 9. The van der Waals surface area contributed by atoms with E-state index in [0.29, 0.717) is 192 Å². The smallest absolute Gasteiger partial charge is 0.343 e. The van der Waals surface area contributed by atoms with Gasteiger partial charge in [0.25, 0.3) is 0 Å². The number of hydrogen-bond acceptors (Lipinski definition) is 23. The fourth-order valence-electron chi connectivity index (χ4n) is 12.0. The van der Waals surface area contributed by atoms with Gasteiger partial charge in [-0.25, -0.2) is 24.0 Å². The highest BCUT2D eigenvalue weighted by Gasteiger charge is 2.35. The average Bonchev–Trinajstić information content (AvgIpc) is 0.802. The van der Waals surface area contributed by atoms with Crippen molar-refractivity contribution in [2.24, 2.45) is 23.7 Å². The third-order valence-corrected chi connectivity index (χ3v) is 18.8. The van der Waals surface area contributed by atoms with E-state index in [9.17, 15) is 47.9 Å². The van der Waals surface area contributed by atoms with Crippen molar-refractivity contribution in [2.75, 3.05) is 46.2 Å². The fourth-order valence-corrected chi connectivity index (χ4v) is 12.0. The lowest BCUT2D eigenvalue weighted by atomic mass is 9.82. The molecular weight excluding hydrogens is 1500 g/mol. The third-order valence-electron chi connectivity index (χ3n) is 18.8. The van der Waals surface area contributed by atoms with Crippen LogP contribution in [0.15, 0.2) is 184 Å². The summed E-state index contributed by atoms with van der Waals surface area (Å²) < 4.78 is 72.0. The Morgan fingerprint density at radius 1 is 0.342 bits per heavy atom. The maximum Gasteiger partial charge on any atom is 0.343 e. The van der Waals surface area contributed by atoms with Gasteiger partial charge in [-0.1, -0.05) is 79.7 Å². The quantitative estimate of drug-likeness (QED) is 0.0113. The first-order valence-electron chi connectivity index (χ1n) is 39.9. The Hall–Kier alpha value is -11.7. The Labute approximate surface area is 686 Å². The van der Waals surface area contributed by atoms with E-state index in [-0.39, 0.29) is 58.8 Å². The summed E-state index contributed by atoms with van der Waals surface area (Å²) in [5, 5.41) is 0. The van der Waals surface area contributed by atoms with Gasteiger partial charge >= 0.3 is 53.7 Å². The van der Waals surface area contributed by atoms with Crippen LogP contribution in [0, 0.1) is 30.6 Å². The minimum absolute atomic E-state index is 0. The second kappa shape index (κ2) is 52.7. The second-order valence-electron chi connectivity index (χ2n) is 29.0. The molecule has 0 heterocycles. The van der Waals surface area contributed by atoms with Crippen LogP contribution in [0.25, 0.3) is 0 Å². The summed E-state index contributed by atoms with van der Waals surface area (Å²) in [6.45, 7) is 27.7. The summed E-state index contributed by atoms with van der Waals surface area (Å²) in [4.78, 5) is 121. The molecular formula is C93H114O24. The van der Waals surface area contributed by atoms with Gasteiger partial charge in [0.05, 0.1) is 81.0 Å². The van der Waals surface area contributed by atoms with Crippen molar-refractivity contribution in [3.63, 3.8) is 0 Å². The van der Waals surface area contributed by atoms with Crippen LogP contribution in [0.2, 0.25) is 0 Å². The summed E-state index contributed by atoms with van der Waals surface area (Å²) in [6.07, 6.45) is 20.8. The maximum absolute atomic E-state index is 13.5. The molecule has 2 aliphatic carbocycles. The molecule has 8 rings (SSSR count). The molecule has 0 aromatic heterocycles. The molecule has 6 aromatic carbocycles. The van der Waals surface area contributed by atoms with Crippen molar-refractivity contribution in [1.29, 1.82) is 0 Å². The average molecular weight is 1620 g/mol. The van der Waals surface area contributed by atoms with Crippen LogP contribution in [0.1, 0.15) is 201 Å². The summed E-state index contributed by atoms with van der Waals surface area (Å²) in [5.74, 6) is -0.110. The van der Waals surface area contributed by atoms with Crippen molar-refractivity contribution in [2.45, 2.75) is 182 Å². The van der Waals surface area contributed by atoms with E-state index < -0.39 is 35.3 Å². The monoisotopic (exact) mass is 1610 g/mol. The minimum Gasteiger partial charge on any atom is -0.494 e. The molecule has 0 aliphatic heterocycles. The molecule has 0 spiro atoms. The highest BCUT2D eigenvalue weighted by Crippen LogP contribution is 2.39. The molecule has 117 heavy (non-hydrogen) atoms. The van der Waals surface area contributed by atoms with Crippen LogP contribution in [0.3, 0.4) is 0 Å². The summed E-state index contributed by atoms with van der Waals surface area (Å²) in [5.41, 5.74) is 1.58. The molecule has 2 fully saturated rings. The van der Waals surface area contributed by atoms with Crippen LogP contribution >= 0.6 is 0 Å². The third kappa shape index (κ3) is 36.4. The van der Waals surface area contributed by atoms with Crippen molar-refractivity contribution >= 4 is 59.5 Å². The SMILES string of the molecule is C=CC(=O)OCCCCCCOc1ccc(OC(=O)C2CCC(C(=O)Oc3ccc(OC(=O)C4CCC(C(=O)Oc5ccc(OCCCCCCC)cc5)CC4)cc3C(C)(C)C)CC2)cc1.C=CC(=O)OCCCCOc1ccc(C(=O)Oc2ccc(OC(=O)c3ccc(OCCCCOC(=O)C=C)cc3)c(C)c2)cc1.C=CC(C)=O.O. The Morgan fingerprint density at radius 2 is 0.624 bits per heavy atom.